The molecule has 0 saturated carbocycles. The number of nitrogens with zero attached hydrogens (tertiary/aromatic N) is 1. The van der Waals surface area contributed by atoms with Crippen LogP contribution in [0.15, 0.2) is 0 Å². The molecule has 0 aromatic heterocycles. The molecule has 0 aliphatic carbocycles. The second-order valence-corrected chi connectivity index (χ2v) is 5.34. The highest BCUT2D eigenvalue weighted by molar-refractivity contribution is 3.87. The second-order valence-electron chi connectivity index (χ2n) is 3.08. The molecule has 0 heterocycles. The van der Waals surface area contributed by atoms with Gasteiger partial charge < -0.3 is 4.48 Å². The summed E-state index contributed by atoms with van der Waals surface area (Å²) in [6.45, 7) is 0. The average Bonchev–Trinajstić information content (AvgIpc) is 1.12. The molecule has 0 aliphatic heterocycles. The zero-order valence-corrected chi connectivity index (χ0v) is 8.65. The van der Waals surface area contributed by atoms with Crippen LogP contribution in [0.1, 0.15) is 0 Å². The topological polar surface area (TPSA) is 89.4 Å². The summed E-state index contributed by atoms with van der Waals surface area (Å²) in [5.74, 6) is 0. The van der Waals surface area contributed by atoms with Crippen LogP contribution in [0, 0.1) is 0 Å². The Morgan fingerprint density at radius 1 is 1.00 bits per heavy atom. The number of rotatable bonds is 0. The van der Waals surface area contributed by atoms with Crippen molar-refractivity contribution in [1.82, 2.24) is 0 Å². The fraction of sp³-hybridized carbons (Fsp3) is 1.00. The Balaban J connectivity index is 0. The van der Waals surface area contributed by atoms with Crippen LogP contribution in [0.2, 0.25) is 0 Å². The molecule has 0 saturated heterocycles. The number of hydrogen-bond donors (Lipinski definition) is 1. The Bertz CT molecular complexity index is 60.2. The Morgan fingerprint density at radius 2 is 1.00 bits per heavy atom. The first-order valence-electron chi connectivity index (χ1n) is 2.42. The van der Waals surface area contributed by atoms with Crippen molar-refractivity contribution < 1.29 is 38.3 Å². The molecule has 0 fully saturated rings. The first kappa shape index (κ1) is 13.1. The maximum atomic E-state index is 8.73. The monoisotopic (exact) mass is 266 g/mol. The van der Waals surface area contributed by atoms with Gasteiger partial charge in [0.25, 0.3) is 0 Å². The van der Waals surface area contributed by atoms with Gasteiger partial charge in [0.1, 0.15) is 0 Å². The highest BCUT2D eigenvalue weighted by Crippen LogP contribution is 1.73. The third-order valence-electron chi connectivity index (χ3n) is 0. The normalized spacial score (nSPS) is 12.0. The minimum absolute atomic E-state index is 1.00. The molecule has 1 N–H and O–H groups in total. The van der Waals surface area contributed by atoms with Crippen molar-refractivity contribution in [3.8, 4) is 0 Å². The molecule has 0 rings (SSSR count). The van der Waals surface area contributed by atoms with Crippen molar-refractivity contribution >= 4 is 0 Å². The molecule has 0 aliphatic rings. The van der Waals surface area contributed by atoms with E-state index < -0.39 is 20.1 Å². The standard InChI is InChI=1S/C4H12N.HIO4/c1-5(2,3)4;2-1(3,4)5/h1-4H3;2H/q+1;. The molecule has 0 atom stereocenters. The molecule has 64 valence electrons. The summed E-state index contributed by atoms with van der Waals surface area (Å²) >= 11 is -5.69. The summed E-state index contributed by atoms with van der Waals surface area (Å²) in [4.78, 5) is 0. The van der Waals surface area contributed by atoms with Crippen LogP contribution < -0.4 is 30.4 Å². The zero-order chi connectivity index (χ0) is 9.00. The van der Waals surface area contributed by atoms with Gasteiger partial charge in [0, 0.05) is 3.44 Å². The summed E-state index contributed by atoms with van der Waals surface area (Å²) in [6.07, 6.45) is 0. The van der Waals surface area contributed by atoms with Gasteiger partial charge >= 0.3 is 20.1 Å². The van der Waals surface area contributed by atoms with Gasteiger partial charge in [-0.15, -0.1) is 0 Å². The van der Waals surface area contributed by atoms with Crippen LogP contribution in [0.5, 0.6) is 0 Å². The largest absolute Gasteiger partial charge is 0.368 e. The summed E-state index contributed by atoms with van der Waals surface area (Å²) in [5, 5.41) is 0. The lowest BCUT2D eigenvalue weighted by Gasteiger charge is -2.14. The molecular weight excluding hydrogens is 253 g/mol. The van der Waals surface area contributed by atoms with Crippen molar-refractivity contribution in [1.29, 1.82) is 0 Å². The molecule has 10 heavy (non-hydrogen) atoms. The summed E-state index contributed by atoms with van der Waals surface area (Å²) in [6, 6.07) is 0. The van der Waals surface area contributed by atoms with Gasteiger partial charge in [-0.25, -0.2) is 0 Å². The zero-order valence-electron chi connectivity index (χ0n) is 6.50. The first-order valence-corrected chi connectivity index (χ1v) is 6.03. The Morgan fingerprint density at radius 3 is 1.00 bits per heavy atom. The van der Waals surface area contributed by atoms with Crippen LogP contribution in [0.3, 0.4) is 0 Å². The first-order chi connectivity index (χ1) is 4.00. The summed E-state index contributed by atoms with van der Waals surface area (Å²) in [7, 11) is 8.50. The minimum atomic E-state index is -5.69. The molecule has 0 unspecified atom stereocenters. The van der Waals surface area contributed by atoms with Gasteiger partial charge in [-0.1, -0.05) is 0 Å². The van der Waals surface area contributed by atoms with E-state index in [9.17, 15) is 0 Å². The molecule has 5 nitrogen and oxygen atoms in total. The smallest absolute Gasteiger partial charge is 0.333 e. The lowest BCUT2D eigenvalue weighted by molar-refractivity contribution is -1.92. The fourth-order valence-electron chi connectivity index (χ4n) is 0. The molecule has 0 radical (unpaired) electrons. The second kappa shape index (κ2) is 4.42. The van der Waals surface area contributed by atoms with Crippen LogP contribution in [0.4, 0.5) is 0 Å². The van der Waals surface area contributed by atoms with Gasteiger partial charge in [-0.3, -0.25) is 10.3 Å². The number of hydrogen-bond acceptors (Lipinski definition) is 4. The lowest BCUT2D eigenvalue weighted by atomic mass is 10.8. The van der Waals surface area contributed by atoms with Crippen LogP contribution in [-0.2, 0) is 0 Å². The molecule has 0 aromatic carbocycles. The van der Waals surface area contributed by atoms with E-state index in [1.807, 2.05) is 0 Å². The highest BCUT2D eigenvalue weighted by Gasteiger charge is 2.11. The quantitative estimate of drug-likeness (QED) is 0.348. The number of quaternary nitrogens is 1. The van der Waals surface area contributed by atoms with Gasteiger partial charge in [0.05, 0.1) is 28.2 Å². The lowest BCUT2D eigenvalue weighted by Crippen LogP contribution is -4.23. The third kappa shape index (κ3) is 1720. The molecule has 0 aromatic rings. The molecule has 0 spiro atoms. The molecule has 0 bridgehead atoms. The van der Waals surface area contributed by atoms with E-state index in [0.29, 0.717) is 0 Å². The summed E-state index contributed by atoms with van der Waals surface area (Å²) < 4.78 is 34.2. The van der Waals surface area contributed by atoms with E-state index in [-0.39, 0.29) is 0 Å². The van der Waals surface area contributed by atoms with E-state index >= 15 is 0 Å². The SMILES string of the molecule is C[N+](C)(C)C.[O-][I+3]([O-])([O-])O. The van der Waals surface area contributed by atoms with Crippen LogP contribution >= 0.6 is 0 Å². The van der Waals surface area contributed by atoms with Gasteiger partial charge in [0.2, 0.25) is 0 Å². The van der Waals surface area contributed by atoms with Crippen molar-refractivity contribution in [3.05, 3.63) is 0 Å². The fourth-order valence-corrected chi connectivity index (χ4v) is 0. The summed E-state index contributed by atoms with van der Waals surface area (Å²) in [5.41, 5.74) is 0. The van der Waals surface area contributed by atoms with Gasteiger partial charge in [-0.2, -0.15) is 0 Å². The number of halogens is 1. The van der Waals surface area contributed by atoms with E-state index in [4.69, 9.17) is 13.7 Å². The van der Waals surface area contributed by atoms with Crippen molar-refractivity contribution in [3.63, 3.8) is 0 Å². The van der Waals surface area contributed by atoms with Crippen LogP contribution in [-0.4, -0.2) is 36.1 Å². The van der Waals surface area contributed by atoms with Crippen LogP contribution in [0.25, 0.3) is 0 Å². The Hall–Kier alpha value is 0.530. The van der Waals surface area contributed by atoms with E-state index in [0.717, 1.165) is 4.48 Å². The van der Waals surface area contributed by atoms with E-state index in [1.54, 1.807) is 0 Å². The minimum Gasteiger partial charge on any atom is -0.333 e. The maximum absolute atomic E-state index is 8.73. The Kier molecular flexibility index (Phi) is 5.81. The third-order valence-corrected chi connectivity index (χ3v) is 0. The predicted octanol–water partition coefficient (Wildman–Crippen LogP) is -6.80. The maximum Gasteiger partial charge on any atom is 0.368 e. The van der Waals surface area contributed by atoms with Gasteiger partial charge in [-0.05, 0) is 0 Å². The van der Waals surface area contributed by atoms with Crippen molar-refractivity contribution in [2.45, 2.75) is 0 Å². The van der Waals surface area contributed by atoms with Gasteiger partial charge in [0.15, 0.2) is 0 Å². The molecule has 0 amide bonds. The Labute approximate surface area is 66.8 Å². The van der Waals surface area contributed by atoms with Crippen molar-refractivity contribution in [2.75, 3.05) is 28.2 Å². The van der Waals surface area contributed by atoms with E-state index in [1.165, 1.54) is 0 Å². The predicted molar refractivity (Wildman–Crippen MR) is 26.2 cm³/mol. The van der Waals surface area contributed by atoms with E-state index in [2.05, 4.69) is 28.2 Å². The molecule has 6 heteroatoms. The van der Waals surface area contributed by atoms with Crippen molar-refractivity contribution in [2.24, 2.45) is 0 Å². The average molecular weight is 266 g/mol. The molecular formula is C4H13INO4+. The highest BCUT2D eigenvalue weighted by atomic mass is 127.